The summed E-state index contributed by atoms with van der Waals surface area (Å²) in [6.07, 6.45) is 0. The van der Waals surface area contributed by atoms with Crippen LogP contribution in [0.25, 0.3) is 0 Å². The first-order valence-corrected chi connectivity index (χ1v) is 4.77. The predicted molar refractivity (Wildman–Crippen MR) is 54.9 cm³/mol. The quantitative estimate of drug-likeness (QED) is 0.750. The number of hydrogen-bond donors (Lipinski definition) is 2. The van der Waals surface area contributed by atoms with Crippen molar-refractivity contribution in [1.82, 2.24) is 0 Å². The number of anilines is 1. The lowest BCUT2D eigenvalue weighted by molar-refractivity contribution is -0.138. The second kappa shape index (κ2) is 3.17. The van der Waals surface area contributed by atoms with Crippen molar-refractivity contribution in [2.24, 2.45) is 0 Å². The molecule has 14 heavy (non-hydrogen) atoms. The highest BCUT2D eigenvalue weighted by Gasteiger charge is 2.34. The topological polar surface area (TPSA) is 49.3 Å². The molecule has 0 aromatic heterocycles. The van der Waals surface area contributed by atoms with Crippen LogP contribution < -0.4 is 5.32 Å². The smallest absolute Gasteiger partial charge is 0.326 e. The van der Waals surface area contributed by atoms with Crippen molar-refractivity contribution in [2.45, 2.75) is 18.9 Å². The number of hydrogen-bond acceptors (Lipinski definition) is 2. The third-order valence-corrected chi connectivity index (χ3v) is 2.91. The third-order valence-electron chi connectivity index (χ3n) is 2.59. The summed E-state index contributed by atoms with van der Waals surface area (Å²) in [5.41, 5.74) is 1.74. The number of rotatable bonds is 1. The van der Waals surface area contributed by atoms with Gasteiger partial charge in [-0.05, 0) is 17.7 Å². The zero-order valence-corrected chi connectivity index (χ0v) is 8.38. The van der Waals surface area contributed by atoms with Gasteiger partial charge in [0.2, 0.25) is 0 Å². The Bertz CT molecular complexity index is 392. The third kappa shape index (κ3) is 1.24. The Labute approximate surface area is 86.7 Å². The lowest BCUT2D eigenvalue weighted by Crippen LogP contribution is -2.28. The van der Waals surface area contributed by atoms with Gasteiger partial charge in [0.25, 0.3) is 0 Å². The van der Waals surface area contributed by atoms with E-state index < -0.39 is 12.0 Å². The fraction of sp³-hybridized carbons (Fsp3) is 0.300. The van der Waals surface area contributed by atoms with E-state index in [1.54, 1.807) is 6.07 Å². The number of nitrogens with one attached hydrogen (secondary N) is 1. The van der Waals surface area contributed by atoms with Crippen LogP contribution in [0.1, 0.15) is 18.4 Å². The molecule has 1 aromatic rings. The van der Waals surface area contributed by atoms with Crippen molar-refractivity contribution in [3.05, 3.63) is 28.8 Å². The molecule has 1 aliphatic rings. The SMILES string of the molecule is CC1c2c(Cl)cccc2NC1C(=O)O. The monoisotopic (exact) mass is 211 g/mol. The van der Waals surface area contributed by atoms with Gasteiger partial charge in [-0.15, -0.1) is 0 Å². The van der Waals surface area contributed by atoms with Crippen molar-refractivity contribution in [1.29, 1.82) is 0 Å². The summed E-state index contributed by atoms with van der Waals surface area (Å²) in [6.45, 7) is 1.86. The van der Waals surface area contributed by atoms with Crippen LogP contribution in [0.3, 0.4) is 0 Å². The van der Waals surface area contributed by atoms with Gasteiger partial charge in [0, 0.05) is 16.6 Å². The van der Waals surface area contributed by atoms with Gasteiger partial charge in [0.1, 0.15) is 6.04 Å². The summed E-state index contributed by atoms with van der Waals surface area (Å²) >= 11 is 6.00. The molecule has 74 valence electrons. The summed E-state index contributed by atoms with van der Waals surface area (Å²) in [5.74, 6) is -0.930. The fourth-order valence-corrected chi connectivity index (χ4v) is 2.21. The van der Waals surface area contributed by atoms with Gasteiger partial charge in [-0.25, -0.2) is 4.79 Å². The minimum atomic E-state index is -0.843. The summed E-state index contributed by atoms with van der Waals surface area (Å²) in [6, 6.07) is 4.87. The van der Waals surface area contributed by atoms with Crippen LogP contribution in [0.15, 0.2) is 18.2 Å². The molecule has 0 radical (unpaired) electrons. The van der Waals surface area contributed by atoms with E-state index in [4.69, 9.17) is 16.7 Å². The Morgan fingerprint density at radius 1 is 1.57 bits per heavy atom. The van der Waals surface area contributed by atoms with Gasteiger partial charge in [0.15, 0.2) is 0 Å². The first-order valence-electron chi connectivity index (χ1n) is 4.39. The zero-order chi connectivity index (χ0) is 10.3. The number of carbonyl (C=O) groups is 1. The van der Waals surface area contributed by atoms with E-state index in [0.717, 1.165) is 11.3 Å². The van der Waals surface area contributed by atoms with E-state index in [0.29, 0.717) is 5.02 Å². The molecule has 2 rings (SSSR count). The maximum absolute atomic E-state index is 10.9. The van der Waals surface area contributed by atoms with E-state index in [2.05, 4.69) is 5.32 Å². The van der Waals surface area contributed by atoms with E-state index in [1.807, 2.05) is 19.1 Å². The Balaban J connectivity index is 2.46. The van der Waals surface area contributed by atoms with Crippen LogP contribution >= 0.6 is 11.6 Å². The second-order valence-electron chi connectivity index (χ2n) is 3.45. The van der Waals surface area contributed by atoms with Crippen LogP contribution in [0.5, 0.6) is 0 Å². The largest absolute Gasteiger partial charge is 0.480 e. The highest BCUT2D eigenvalue weighted by atomic mass is 35.5. The normalized spacial score (nSPS) is 24.1. The van der Waals surface area contributed by atoms with E-state index in [9.17, 15) is 4.79 Å². The van der Waals surface area contributed by atoms with Crippen LogP contribution in [-0.4, -0.2) is 17.1 Å². The molecule has 0 amide bonds. The van der Waals surface area contributed by atoms with Crippen molar-refractivity contribution < 1.29 is 9.90 Å². The number of carboxylic acid groups (broad SMARTS) is 1. The Hall–Kier alpha value is -1.22. The molecule has 3 nitrogen and oxygen atoms in total. The Morgan fingerprint density at radius 3 is 2.86 bits per heavy atom. The standard InChI is InChI=1S/C10H10ClNO2/c1-5-8-6(11)3-2-4-7(8)12-9(5)10(13)14/h2-5,9,12H,1H3,(H,13,14). The molecule has 2 unspecified atom stereocenters. The molecule has 2 atom stereocenters. The molecule has 4 heteroatoms. The van der Waals surface area contributed by atoms with Crippen molar-refractivity contribution in [3.8, 4) is 0 Å². The van der Waals surface area contributed by atoms with Crippen LogP contribution in [0.2, 0.25) is 5.02 Å². The molecule has 1 aliphatic heterocycles. The fourth-order valence-electron chi connectivity index (χ4n) is 1.86. The van der Waals surface area contributed by atoms with E-state index in [1.165, 1.54) is 0 Å². The molecule has 0 fully saturated rings. The molecule has 0 saturated heterocycles. The van der Waals surface area contributed by atoms with Crippen molar-refractivity contribution >= 4 is 23.3 Å². The van der Waals surface area contributed by atoms with Gasteiger partial charge < -0.3 is 10.4 Å². The summed E-state index contributed by atoms with van der Waals surface area (Å²) in [7, 11) is 0. The summed E-state index contributed by atoms with van der Waals surface area (Å²) in [5, 5.41) is 12.5. The Morgan fingerprint density at radius 2 is 2.29 bits per heavy atom. The van der Waals surface area contributed by atoms with Gasteiger partial charge in [-0.2, -0.15) is 0 Å². The zero-order valence-electron chi connectivity index (χ0n) is 7.62. The van der Waals surface area contributed by atoms with Gasteiger partial charge >= 0.3 is 5.97 Å². The number of aliphatic carboxylic acids is 1. The van der Waals surface area contributed by atoms with Crippen LogP contribution in [-0.2, 0) is 4.79 Å². The van der Waals surface area contributed by atoms with Crippen LogP contribution in [0.4, 0.5) is 5.69 Å². The molecular formula is C10H10ClNO2. The molecule has 0 aliphatic carbocycles. The van der Waals surface area contributed by atoms with E-state index in [-0.39, 0.29) is 5.92 Å². The Kier molecular flexibility index (Phi) is 2.11. The van der Waals surface area contributed by atoms with Crippen LogP contribution in [0, 0.1) is 0 Å². The van der Waals surface area contributed by atoms with Gasteiger partial charge in [-0.3, -0.25) is 0 Å². The molecular weight excluding hydrogens is 202 g/mol. The predicted octanol–water partition coefficient (Wildman–Crippen LogP) is 2.32. The first-order chi connectivity index (χ1) is 6.61. The summed E-state index contributed by atoms with van der Waals surface area (Å²) < 4.78 is 0. The molecule has 0 saturated carbocycles. The molecule has 2 N–H and O–H groups in total. The van der Waals surface area contributed by atoms with Gasteiger partial charge in [-0.1, -0.05) is 24.6 Å². The number of halogens is 1. The second-order valence-corrected chi connectivity index (χ2v) is 3.86. The number of carboxylic acids is 1. The van der Waals surface area contributed by atoms with Crippen molar-refractivity contribution in [2.75, 3.05) is 5.32 Å². The summed E-state index contributed by atoms with van der Waals surface area (Å²) in [4.78, 5) is 10.9. The highest BCUT2D eigenvalue weighted by molar-refractivity contribution is 6.32. The molecule has 1 aromatic carbocycles. The minimum absolute atomic E-state index is 0.0869. The lowest BCUT2D eigenvalue weighted by atomic mass is 9.97. The molecule has 0 spiro atoms. The average Bonchev–Trinajstić information content (AvgIpc) is 2.45. The van der Waals surface area contributed by atoms with E-state index >= 15 is 0 Å². The number of fused-ring (bicyclic) bond motifs is 1. The minimum Gasteiger partial charge on any atom is -0.480 e. The molecule has 1 heterocycles. The lowest BCUT2D eigenvalue weighted by Gasteiger charge is -2.10. The number of benzene rings is 1. The maximum atomic E-state index is 10.9. The highest BCUT2D eigenvalue weighted by Crippen LogP contribution is 2.39. The first kappa shape index (κ1) is 9.34. The van der Waals surface area contributed by atoms with Crippen molar-refractivity contribution in [3.63, 3.8) is 0 Å². The average molecular weight is 212 g/mol. The maximum Gasteiger partial charge on any atom is 0.326 e. The molecule has 0 bridgehead atoms. The van der Waals surface area contributed by atoms with Gasteiger partial charge in [0.05, 0.1) is 0 Å².